The van der Waals surface area contributed by atoms with Gasteiger partial charge in [-0.25, -0.2) is 9.18 Å². The van der Waals surface area contributed by atoms with Gasteiger partial charge in [0.25, 0.3) is 5.91 Å². The van der Waals surface area contributed by atoms with Crippen molar-refractivity contribution in [2.75, 3.05) is 7.11 Å². The number of methoxy groups -OCH3 is 1. The lowest BCUT2D eigenvalue weighted by atomic mass is 10.1. The number of hydrogen-bond acceptors (Lipinski definition) is 3. The lowest BCUT2D eigenvalue weighted by molar-refractivity contribution is -0.143. The molecule has 0 aromatic heterocycles. The first-order valence-corrected chi connectivity index (χ1v) is 6.25. The second-order valence-electron chi connectivity index (χ2n) is 4.71. The van der Waals surface area contributed by atoms with E-state index in [9.17, 15) is 14.0 Å². The standard InChI is InChI=1S/C14H16FNO3/c1-19-14(18)12(8-9-6-7-9)16-13(17)10-4-2-3-5-11(10)15/h2-5,9,12H,6-8H2,1H3,(H,16,17)/t12-/m0/s1. The molecule has 1 fully saturated rings. The molecule has 102 valence electrons. The van der Waals surface area contributed by atoms with Crippen LogP contribution in [0.5, 0.6) is 0 Å². The lowest BCUT2D eigenvalue weighted by Gasteiger charge is -2.16. The average molecular weight is 265 g/mol. The minimum Gasteiger partial charge on any atom is -0.467 e. The molecule has 4 nitrogen and oxygen atoms in total. The van der Waals surface area contributed by atoms with Crippen molar-refractivity contribution in [3.8, 4) is 0 Å². The van der Waals surface area contributed by atoms with E-state index in [-0.39, 0.29) is 5.56 Å². The molecule has 1 N–H and O–H groups in total. The van der Waals surface area contributed by atoms with Crippen LogP contribution in [0.4, 0.5) is 4.39 Å². The van der Waals surface area contributed by atoms with Gasteiger partial charge in [-0.05, 0) is 24.5 Å². The molecule has 1 aromatic carbocycles. The van der Waals surface area contributed by atoms with Crippen LogP contribution < -0.4 is 5.32 Å². The summed E-state index contributed by atoms with van der Waals surface area (Å²) in [4.78, 5) is 23.5. The molecule has 0 saturated heterocycles. The molecule has 1 aliphatic carbocycles. The van der Waals surface area contributed by atoms with Crippen molar-refractivity contribution in [1.82, 2.24) is 5.32 Å². The SMILES string of the molecule is COC(=O)[C@H](CC1CC1)NC(=O)c1ccccc1F. The van der Waals surface area contributed by atoms with Crippen LogP contribution in [-0.4, -0.2) is 25.0 Å². The maximum atomic E-state index is 13.5. The van der Waals surface area contributed by atoms with E-state index in [2.05, 4.69) is 10.1 Å². The Kier molecular flexibility index (Phi) is 4.14. The van der Waals surface area contributed by atoms with Crippen molar-refractivity contribution in [1.29, 1.82) is 0 Å². The summed E-state index contributed by atoms with van der Waals surface area (Å²) in [5.74, 6) is -1.23. The van der Waals surface area contributed by atoms with Gasteiger partial charge in [-0.3, -0.25) is 4.79 Å². The first kappa shape index (κ1) is 13.5. The van der Waals surface area contributed by atoms with Crippen LogP contribution in [-0.2, 0) is 9.53 Å². The zero-order chi connectivity index (χ0) is 13.8. The summed E-state index contributed by atoms with van der Waals surface area (Å²) in [5, 5.41) is 2.54. The molecule has 2 rings (SSSR count). The van der Waals surface area contributed by atoms with Gasteiger partial charge in [0.05, 0.1) is 12.7 Å². The molecule has 0 unspecified atom stereocenters. The van der Waals surface area contributed by atoms with E-state index < -0.39 is 23.7 Å². The summed E-state index contributed by atoms with van der Waals surface area (Å²) >= 11 is 0. The smallest absolute Gasteiger partial charge is 0.328 e. The van der Waals surface area contributed by atoms with E-state index in [1.807, 2.05) is 0 Å². The second kappa shape index (κ2) is 5.82. The Morgan fingerprint density at radius 3 is 2.68 bits per heavy atom. The van der Waals surface area contributed by atoms with Crippen LogP contribution in [0.25, 0.3) is 0 Å². The van der Waals surface area contributed by atoms with Crippen LogP contribution in [0, 0.1) is 11.7 Å². The Hall–Kier alpha value is -1.91. The normalized spacial score (nSPS) is 15.7. The molecule has 1 saturated carbocycles. The first-order chi connectivity index (χ1) is 9.11. The highest BCUT2D eigenvalue weighted by molar-refractivity contribution is 5.96. The number of nitrogens with one attached hydrogen (secondary N) is 1. The van der Waals surface area contributed by atoms with Crippen LogP contribution in [0.1, 0.15) is 29.6 Å². The number of esters is 1. The fourth-order valence-corrected chi connectivity index (χ4v) is 1.92. The number of hydrogen-bond donors (Lipinski definition) is 1. The van der Waals surface area contributed by atoms with Gasteiger partial charge in [-0.2, -0.15) is 0 Å². The van der Waals surface area contributed by atoms with E-state index >= 15 is 0 Å². The molecular weight excluding hydrogens is 249 g/mol. The largest absolute Gasteiger partial charge is 0.467 e. The molecule has 0 spiro atoms. The zero-order valence-electron chi connectivity index (χ0n) is 10.7. The zero-order valence-corrected chi connectivity index (χ0v) is 10.7. The molecule has 0 heterocycles. The molecule has 19 heavy (non-hydrogen) atoms. The third-order valence-corrected chi connectivity index (χ3v) is 3.18. The number of amides is 1. The Balaban J connectivity index is 2.05. The molecule has 0 bridgehead atoms. The minimum absolute atomic E-state index is 0.0628. The van der Waals surface area contributed by atoms with Gasteiger partial charge < -0.3 is 10.1 Å². The predicted octanol–water partition coefficient (Wildman–Crippen LogP) is 1.90. The fourth-order valence-electron chi connectivity index (χ4n) is 1.92. The average Bonchev–Trinajstić information content (AvgIpc) is 3.21. The van der Waals surface area contributed by atoms with E-state index in [1.54, 1.807) is 6.07 Å². The molecule has 0 aliphatic heterocycles. The van der Waals surface area contributed by atoms with Crippen LogP contribution in [0.15, 0.2) is 24.3 Å². The number of rotatable bonds is 5. The van der Waals surface area contributed by atoms with Gasteiger partial charge in [0.15, 0.2) is 0 Å². The summed E-state index contributed by atoms with van der Waals surface area (Å²) in [7, 11) is 1.28. The molecule has 0 radical (unpaired) electrons. The Bertz CT molecular complexity index is 485. The summed E-state index contributed by atoms with van der Waals surface area (Å²) in [6.45, 7) is 0. The lowest BCUT2D eigenvalue weighted by Crippen LogP contribution is -2.42. The summed E-state index contributed by atoms with van der Waals surface area (Å²) in [5.41, 5.74) is -0.0628. The number of carbonyl (C=O) groups excluding carboxylic acids is 2. The van der Waals surface area contributed by atoms with Gasteiger partial charge in [0.2, 0.25) is 0 Å². The highest BCUT2D eigenvalue weighted by Crippen LogP contribution is 2.33. The van der Waals surface area contributed by atoms with Crippen molar-refractivity contribution in [3.63, 3.8) is 0 Å². The maximum absolute atomic E-state index is 13.5. The molecule has 1 atom stereocenters. The van der Waals surface area contributed by atoms with E-state index in [0.29, 0.717) is 12.3 Å². The third kappa shape index (κ3) is 3.53. The fraction of sp³-hybridized carbons (Fsp3) is 0.429. The molecule has 5 heteroatoms. The van der Waals surface area contributed by atoms with Crippen molar-refractivity contribution in [2.24, 2.45) is 5.92 Å². The van der Waals surface area contributed by atoms with Crippen molar-refractivity contribution in [3.05, 3.63) is 35.6 Å². The number of carbonyl (C=O) groups is 2. The summed E-state index contributed by atoms with van der Waals surface area (Å²) in [6, 6.07) is 4.98. The molecule has 1 aliphatic rings. The highest BCUT2D eigenvalue weighted by atomic mass is 19.1. The van der Waals surface area contributed by atoms with Crippen LogP contribution in [0.3, 0.4) is 0 Å². The van der Waals surface area contributed by atoms with E-state index in [4.69, 9.17) is 0 Å². The maximum Gasteiger partial charge on any atom is 0.328 e. The van der Waals surface area contributed by atoms with Gasteiger partial charge in [-0.1, -0.05) is 25.0 Å². The van der Waals surface area contributed by atoms with Gasteiger partial charge in [0.1, 0.15) is 11.9 Å². The molecular formula is C14H16FNO3. The second-order valence-corrected chi connectivity index (χ2v) is 4.71. The minimum atomic E-state index is -0.704. The van der Waals surface area contributed by atoms with Crippen molar-refractivity contribution >= 4 is 11.9 Å². The monoisotopic (exact) mass is 265 g/mol. The Morgan fingerprint density at radius 1 is 1.42 bits per heavy atom. The van der Waals surface area contributed by atoms with Gasteiger partial charge in [-0.15, -0.1) is 0 Å². The summed E-state index contributed by atoms with van der Waals surface area (Å²) < 4.78 is 18.1. The van der Waals surface area contributed by atoms with Crippen LogP contribution >= 0.6 is 0 Å². The quantitative estimate of drug-likeness (QED) is 0.827. The topological polar surface area (TPSA) is 55.4 Å². The van der Waals surface area contributed by atoms with Gasteiger partial charge >= 0.3 is 5.97 Å². The van der Waals surface area contributed by atoms with E-state index in [1.165, 1.54) is 25.3 Å². The van der Waals surface area contributed by atoms with Crippen molar-refractivity contribution < 1.29 is 18.7 Å². The predicted molar refractivity (Wildman–Crippen MR) is 67.0 cm³/mol. The number of halogens is 1. The Morgan fingerprint density at radius 2 is 2.11 bits per heavy atom. The third-order valence-electron chi connectivity index (χ3n) is 3.18. The molecule has 1 amide bonds. The highest BCUT2D eigenvalue weighted by Gasteiger charge is 2.31. The number of benzene rings is 1. The van der Waals surface area contributed by atoms with E-state index in [0.717, 1.165) is 12.8 Å². The van der Waals surface area contributed by atoms with Crippen LogP contribution in [0.2, 0.25) is 0 Å². The molecule has 1 aromatic rings. The van der Waals surface area contributed by atoms with Crippen molar-refractivity contribution in [2.45, 2.75) is 25.3 Å². The van der Waals surface area contributed by atoms with Gasteiger partial charge in [0, 0.05) is 0 Å². The number of ether oxygens (including phenoxy) is 1. The Labute approximate surface area is 110 Å². The first-order valence-electron chi connectivity index (χ1n) is 6.25. The summed E-state index contributed by atoms with van der Waals surface area (Å²) in [6.07, 6.45) is 2.67.